The number of benzene rings is 2. The lowest BCUT2D eigenvalue weighted by Gasteiger charge is -2.24. The minimum absolute atomic E-state index is 0.0342. The first kappa shape index (κ1) is 18.8. The second-order valence-corrected chi connectivity index (χ2v) is 7.17. The van der Waals surface area contributed by atoms with E-state index < -0.39 is 37.3 Å². The fourth-order valence-electron chi connectivity index (χ4n) is 2.25. The second kappa shape index (κ2) is 7.13. The zero-order valence-electron chi connectivity index (χ0n) is 13.0. The van der Waals surface area contributed by atoms with E-state index in [0.717, 1.165) is 4.31 Å². The smallest absolute Gasteiger partial charge is 0.338 e. The summed E-state index contributed by atoms with van der Waals surface area (Å²) in [6, 6.07) is 7.65. The first-order valence-electron chi connectivity index (χ1n) is 7.04. The second-order valence-electron chi connectivity index (χ2n) is 4.93. The lowest BCUT2D eigenvalue weighted by molar-refractivity contribution is 0.0691. The number of carboxylic acids is 1. The first-order chi connectivity index (χ1) is 11.7. The van der Waals surface area contributed by atoms with Crippen molar-refractivity contribution in [2.75, 3.05) is 10.8 Å². The molecular weight excluding hydrogens is 369 g/mol. The molecule has 8 heteroatoms. The molecule has 2 aromatic carbocycles. The molecule has 25 heavy (non-hydrogen) atoms. The van der Waals surface area contributed by atoms with Crippen molar-refractivity contribution >= 4 is 33.3 Å². The highest BCUT2D eigenvalue weighted by Crippen LogP contribution is 2.30. The van der Waals surface area contributed by atoms with Crippen LogP contribution in [0.3, 0.4) is 0 Å². The van der Waals surface area contributed by atoms with Gasteiger partial charge in [0.1, 0.15) is 10.7 Å². The van der Waals surface area contributed by atoms with Crippen LogP contribution in [-0.2, 0) is 10.0 Å². The molecule has 0 aromatic heterocycles. The average Bonchev–Trinajstić information content (AvgIpc) is 2.54. The van der Waals surface area contributed by atoms with Gasteiger partial charge >= 0.3 is 5.97 Å². The van der Waals surface area contributed by atoms with Gasteiger partial charge in [0.05, 0.1) is 16.3 Å². The summed E-state index contributed by atoms with van der Waals surface area (Å²) >= 11 is 5.87. The lowest BCUT2D eigenvalue weighted by atomic mass is 10.2. The molecule has 0 unspecified atom stereocenters. The van der Waals surface area contributed by atoms with Gasteiger partial charge in [0.15, 0.2) is 0 Å². The molecule has 2 rings (SSSR count). The van der Waals surface area contributed by atoms with Crippen molar-refractivity contribution in [3.8, 4) is 12.3 Å². The molecule has 0 aliphatic heterocycles. The third-order valence-electron chi connectivity index (χ3n) is 3.41. The van der Waals surface area contributed by atoms with Crippen molar-refractivity contribution in [2.45, 2.75) is 11.8 Å². The molecule has 0 fully saturated rings. The highest BCUT2D eigenvalue weighted by Gasteiger charge is 2.28. The van der Waals surface area contributed by atoms with Gasteiger partial charge in [0.25, 0.3) is 10.0 Å². The van der Waals surface area contributed by atoms with E-state index >= 15 is 0 Å². The summed E-state index contributed by atoms with van der Waals surface area (Å²) < 4.78 is 40.6. The van der Waals surface area contributed by atoms with E-state index in [9.17, 15) is 17.6 Å². The van der Waals surface area contributed by atoms with Crippen LogP contribution in [0.5, 0.6) is 0 Å². The van der Waals surface area contributed by atoms with E-state index in [1.807, 2.05) is 0 Å². The van der Waals surface area contributed by atoms with Gasteiger partial charge in [-0.2, -0.15) is 0 Å². The largest absolute Gasteiger partial charge is 0.478 e. The Hall–Kier alpha value is -2.56. The molecular formula is C17H13ClFNO4S. The Balaban J connectivity index is 2.65. The van der Waals surface area contributed by atoms with E-state index in [4.69, 9.17) is 23.1 Å². The van der Waals surface area contributed by atoms with Crippen molar-refractivity contribution in [2.24, 2.45) is 0 Å². The van der Waals surface area contributed by atoms with Crippen LogP contribution in [0.4, 0.5) is 10.1 Å². The van der Waals surface area contributed by atoms with Crippen molar-refractivity contribution < 1.29 is 22.7 Å². The molecule has 0 saturated heterocycles. The third kappa shape index (κ3) is 3.60. The van der Waals surface area contributed by atoms with E-state index in [-0.39, 0.29) is 12.2 Å². The minimum atomic E-state index is -4.23. The number of hydrogen-bond donors (Lipinski definition) is 1. The molecule has 0 amide bonds. The molecule has 0 atom stereocenters. The maximum absolute atomic E-state index is 13.7. The Morgan fingerprint density at radius 1 is 1.36 bits per heavy atom. The molecule has 0 heterocycles. The number of carbonyl (C=O) groups is 1. The maximum Gasteiger partial charge on any atom is 0.338 e. The summed E-state index contributed by atoms with van der Waals surface area (Å²) in [4.78, 5) is 10.6. The van der Waals surface area contributed by atoms with E-state index in [1.54, 1.807) is 19.1 Å². The molecule has 0 aliphatic rings. The van der Waals surface area contributed by atoms with Crippen molar-refractivity contribution in [1.29, 1.82) is 0 Å². The van der Waals surface area contributed by atoms with Gasteiger partial charge in [0.2, 0.25) is 0 Å². The van der Waals surface area contributed by atoms with Crippen LogP contribution in [0.2, 0.25) is 5.02 Å². The number of aromatic carboxylic acids is 1. The van der Waals surface area contributed by atoms with Gasteiger partial charge in [-0.05, 0) is 37.3 Å². The number of hydrogen-bond acceptors (Lipinski definition) is 3. The number of nitrogens with zero attached hydrogens (tertiary/aromatic N) is 1. The monoisotopic (exact) mass is 381 g/mol. The highest BCUT2D eigenvalue weighted by atomic mass is 35.5. The Morgan fingerprint density at radius 3 is 2.60 bits per heavy atom. The Bertz CT molecular complexity index is 983. The highest BCUT2D eigenvalue weighted by molar-refractivity contribution is 7.93. The summed E-state index contributed by atoms with van der Waals surface area (Å²) in [5, 5.41) is 8.61. The predicted molar refractivity (Wildman–Crippen MR) is 93.0 cm³/mol. The van der Waals surface area contributed by atoms with Crippen LogP contribution in [0.25, 0.3) is 0 Å². The molecule has 0 bridgehead atoms. The fraction of sp³-hybridized carbons (Fsp3) is 0.118. The van der Waals surface area contributed by atoms with Gasteiger partial charge in [-0.1, -0.05) is 23.6 Å². The molecule has 2 aromatic rings. The summed E-state index contributed by atoms with van der Waals surface area (Å²) in [6.45, 7) is 1.63. The van der Waals surface area contributed by atoms with Gasteiger partial charge in [-0.3, -0.25) is 4.31 Å². The van der Waals surface area contributed by atoms with E-state index in [2.05, 4.69) is 5.92 Å². The molecule has 0 saturated carbocycles. The minimum Gasteiger partial charge on any atom is -0.478 e. The standard InChI is InChI=1S/C17H13ClFNO4S/c1-3-11-6-5-7-12(8-11)20(4-2)25(23,24)16-9-13(17(21)22)15(19)10-14(16)18/h1,5-10H,4H2,2H3,(H,21,22). The van der Waals surface area contributed by atoms with Crippen LogP contribution < -0.4 is 4.31 Å². The number of terminal acetylenes is 1. The molecule has 5 nitrogen and oxygen atoms in total. The summed E-state index contributed by atoms with van der Waals surface area (Å²) in [5.41, 5.74) is -0.0193. The van der Waals surface area contributed by atoms with E-state index in [1.165, 1.54) is 12.1 Å². The van der Waals surface area contributed by atoms with Crippen molar-refractivity contribution in [3.63, 3.8) is 0 Å². The summed E-state index contributed by atoms with van der Waals surface area (Å²) in [5.74, 6) is -0.306. The topological polar surface area (TPSA) is 74.7 Å². The van der Waals surface area contributed by atoms with Gasteiger partial charge in [-0.15, -0.1) is 6.42 Å². The SMILES string of the molecule is C#Cc1cccc(N(CC)S(=O)(=O)c2cc(C(=O)O)c(F)cc2Cl)c1. The van der Waals surface area contributed by atoms with Crippen LogP contribution >= 0.6 is 11.6 Å². The number of rotatable bonds is 5. The van der Waals surface area contributed by atoms with Crippen LogP contribution in [0, 0.1) is 18.2 Å². The lowest BCUT2D eigenvalue weighted by Crippen LogP contribution is -2.31. The Morgan fingerprint density at radius 2 is 2.04 bits per heavy atom. The Labute approximate surface area is 149 Å². The van der Waals surface area contributed by atoms with Gasteiger partial charge < -0.3 is 5.11 Å². The predicted octanol–water partition coefficient (Wildman–Crippen LogP) is 3.37. The zero-order chi connectivity index (χ0) is 18.8. The molecule has 0 spiro atoms. The first-order valence-corrected chi connectivity index (χ1v) is 8.86. The number of halogens is 2. The van der Waals surface area contributed by atoms with E-state index in [0.29, 0.717) is 17.7 Å². The number of anilines is 1. The molecule has 130 valence electrons. The zero-order valence-corrected chi connectivity index (χ0v) is 14.6. The van der Waals surface area contributed by atoms with Crippen LogP contribution in [-0.4, -0.2) is 26.0 Å². The molecule has 1 N–H and O–H groups in total. The van der Waals surface area contributed by atoms with Crippen molar-refractivity contribution in [1.82, 2.24) is 0 Å². The van der Waals surface area contributed by atoms with Crippen LogP contribution in [0.15, 0.2) is 41.3 Å². The Kier molecular flexibility index (Phi) is 5.36. The summed E-state index contributed by atoms with van der Waals surface area (Å²) in [6.07, 6.45) is 5.33. The third-order valence-corrected chi connectivity index (χ3v) is 5.78. The maximum atomic E-state index is 13.7. The molecule has 0 radical (unpaired) electrons. The van der Waals surface area contributed by atoms with Gasteiger partial charge in [-0.25, -0.2) is 17.6 Å². The fourth-order valence-corrected chi connectivity index (χ4v) is 4.23. The van der Waals surface area contributed by atoms with Crippen molar-refractivity contribution in [3.05, 3.63) is 58.4 Å². The van der Waals surface area contributed by atoms with Crippen LogP contribution in [0.1, 0.15) is 22.8 Å². The number of carboxylic acid groups (broad SMARTS) is 1. The summed E-state index contributed by atoms with van der Waals surface area (Å²) in [7, 11) is -4.23. The average molecular weight is 382 g/mol. The number of sulfonamides is 1. The quantitative estimate of drug-likeness (QED) is 0.806. The van der Waals surface area contributed by atoms with Gasteiger partial charge in [0, 0.05) is 12.1 Å². The molecule has 0 aliphatic carbocycles. The normalized spacial score (nSPS) is 11.0.